The summed E-state index contributed by atoms with van der Waals surface area (Å²) in [5, 5.41) is 0. The van der Waals surface area contributed by atoms with Crippen LogP contribution in [-0.4, -0.2) is 30.4 Å². The molecular formula is C43H60O4S. The van der Waals surface area contributed by atoms with Crippen molar-refractivity contribution >= 4 is 24.6 Å². The number of thiol groups is 1. The lowest BCUT2D eigenvalue weighted by atomic mass is 9.72. The van der Waals surface area contributed by atoms with Gasteiger partial charge in [-0.1, -0.05) is 111 Å². The molecule has 0 saturated carbocycles. The lowest BCUT2D eigenvalue weighted by molar-refractivity contribution is -0.151. The molecule has 0 unspecified atom stereocenters. The quantitative estimate of drug-likeness (QED) is 0.0863. The highest BCUT2D eigenvalue weighted by Gasteiger charge is 2.27. The zero-order valence-corrected chi connectivity index (χ0v) is 32.1. The van der Waals surface area contributed by atoms with Gasteiger partial charge in [0.15, 0.2) is 0 Å². The van der Waals surface area contributed by atoms with Gasteiger partial charge in [-0.2, -0.15) is 12.6 Å². The van der Waals surface area contributed by atoms with Crippen LogP contribution in [0.4, 0.5) is 0 Å². The Morgan fingerprint density at radius 1 is 0.708 bits per heavy atom. The molecule has 0 aromatic heterocycles. The number of hydrogen-bond acceptors (Lipinski definition) is 5. The van der Waals surface area contributed by atoms with E-state index in [2.05, 4.69) is 92.3 Å². The number of carbonyl (C=O) groups excluding carboxylic acids is 2. The summed E-state index contributed by atoms with van der Waals surface area (Å²) >= 11 is 4.27. The first-order chi connectivity index (χ1) is 22.5. The summed E-state index contributed by atoms with van der Waals surface area (Å²) in [5.41, 5.74) is 10.0. The van der Waals surface area contributed by atoms with Crippen molar-refractivity contribution in [3.05, 3.63) is 117 Å². The first-order valence-corrected chi connectivity index (χ1v) is 18.0. The number of esters is 2. The summed E-state index contributed by atoms with van der Waals surface area (Å²) in [4.78, 5) is 24.9. The summed E-state index contributed by atoms with van der Waals surface area (Å²) in [6.07, 6.45) is 30.0. The molecule has 48 heavy (non-hydrogen) atoms. The van der Waals surface area contributed by atoms with Crippen molar-refractivity contribution in [2.45, 2.75) is 114 Å². The van der Waals surface area contributed by atoms with Crippen molar-refractivity contribution in [2.75, 3.05) is 12.4 Å². The lowest BCUT2D eigenvalue weighted by Crippen LogP contribution is -2.26. The number of carbonyl (C=O) groups is 2. The van der Waals surface area contributed by atoms with Crippen molar-refractivity contribution in [1.82, 2.24) is 0 Å². The first-order valence-electron chi connectivity index (χ1n) is 17.4. The van der Waals surface area contributed by atoms with Gasteiger partial charge in [0.1, 0.15) is 12.7 Å². The van der Waals surface area contributed by atoms with Crippen LogP contribution < -0.4 is 0 Å². The average Bonchev–Trinajstić information content (AvgIpc) is 2.98. The monoisotopic (exact) mass is 672 g/mol. The van der Waals surface area contributed by atoms with E-state index >= 15 is 0 Å². The highest BCUT2D eigenvalue weighted by Crippen LogP contribution is 2.41. The van der Waals surface area contributed by atoms with E-state index < -0.39 is 18.0 Å². The first kappa shape index (κ1) is 40.9. The van der Waals surface area contributed by atoms with Crippen LogP contribution in [0.15, 0.2) is 117 Å². The molecule has 5 heteroatoms. The van der Waals surface area contributed by atoms with Crippen molar-refractivity contribution in [2.24, 2.45) is 10.8 Å². The van der Waals surface area contributed by atoms with E-state index in [9.17, 15) is 9.59 Å². The van der Waals surface area contributed by atoms with Crippen molar-refractivity contribution in [3.63, 3.8) is 0 Å². The summed E-state index contributed by atoms with van der Waals surface area (Å²) < 4.78 is 10.8. The molecule has 2 aliphatic carbocycles. The topological polar surface area (TPSA) is 52.6 Å². The maximum Gasteiger partial charge on any atom is 0.331 e. The van der Waals surface area contributed by atoms with Crippen LogP contribution in [0.25, 0.3) is 0 Å². The number of allylic oxidation sites excluding steroid dienone is 18. The van der Waals surface area contributed by atoms with Gasteiger partial charge in [-0.05, 0) is 113 Å². The molecule has 0 saturated heterocycles. The number of rotatable bonds is 14. The molecule has 0 bridgehead atoms. The van der Waals surface area contributed by atoms with Gasteiger partial charge in [0.2, 0.25) is 0 Å². The molecule has 2 rings (SSSR count). The largest absolute Gasteiger partial charge is 0.459 e. The van der Waals surface area contributed by atoms with Gasteiger partial charge in [0.25, 0.3) is 0 Å². The molecule has 0 radical (unpaired) electrons. The Kier molecular flexibility index (Phi) is 16.7. The normalized spacial score (nSPS) is 20.5. The van der Waals surface area contributed by atoms with Crippen LogP contribution in [0.1, 0.15) is 108 Å². The highest BCUT2D eigenvalue weighted by molar-refractivity contribution is 7.80. The molecule has 0 aliphatic heterocycles. The molecule has 1 atom stereocenters. The summed E-state index contributed by atoms with van der Waals surface area (Å²) in [6, 6.07) is 0. The van der Waals surface area contributed by atoms with Gasteiger partial charge < -0.3 is 9.47 Å². The van der Waals surface area contributed by atoms with Crippen LogP contribution in [0.2, 0.25) is 0 Å². The molecule has 0 heterocycles. The number of hydrogen-bond donors (Lipinski definition) is 1. The SMILES string of the molecule is CC1=C(/C=C/C(C)=C/C=C/C(C)=C/C(=O)OC[C@@H](CS)OC(=O)/C=C(C)/C=C/C=C(C)/C=C/C2=C(C)CCCC2(C)C)C(C)(C)CCC1. The van der Waals surface area contributed by atoms with Crippen molar-refractivity contribution in [1.29, 1.82) is 0 Å². The van der Waals surface area contributed by atoms with Gasteiger partial charge in [-0.15, -0.1) is 0 Å². The van der Waals surface area contributed by atoms with Crippen LogP contribution in [0.5, 0.6) is 0 Å². The zero-order chi connectivity index (χ0) is 35.9. The minimum atomic E-state index is -0.651. The van der Waals surface area contributed by atoms with E-state index in [1.807, 2.05) is 50.3 Å². The third kappa shape index (κ3) is 14.4. The van der Waals surface area contributed by atoms with E-state index in [0.717, 1.165) is 22.3 Å². The molecule has 0 N–H and O–H groups in total. The molecule has 262 valence electrons. The second-order valence-corrected chi connectivity index (χ2v) is 15.1. The van der Waals surface area contributed by atoms with Crippen molar-refractivity contribution in [3.8, 4) is 0 Å². The Bertz CT molecular complexity index is 1460. The molecular weight excluding hydrogens is 613 g/mol. The predicted molar refractivity (Wildman–Crippen MR) is 207 cm³/mol. The second-order valence-electron chi connectivity index (χ2n) is 14.7. The van der Waals surface area contributed by atoms with E-state index in [1.165, 1.54) is 73.0 Å². The Morgan fingerprint density at radius 2 is 1.15 bits per heavy atom. The molecule has 2 aliphatic rings. The fourth-order valence-electron chi connectivity index (χ4n) is 6.27. The van der Waals surface area contributed by atoms with Crippen LogP contribution in [0.3, 0.4) is 0 Å². The van der Waals surface area contributed by atoms with Crippen LogP contribution in [0, 0.1) is 10.8 Å². The standard InChI is InChI=1S/C43H60O4S/c1-31(21-23-38-35(5)19-13-25-42(38,7)8)15-11-17-33(3)27-40(44)46-29-37(30-48)47-41(45)28-34(4)18-12-16-32(2)22-24-39-36(6)20-14-26-43(39,9)10/h11-12,15-18,21-24,27-28,37,48H,13-14,19-20,25-26,29-30H2,1-10H3/b17-11+,18-12+,23-21+,24-22+,31-15+,32-16+,33-27+,34-28+/t37-/m0/s1. The smallest absolute Gasteiger partial charge is 0.331 e. The molecule has 0 aromatic carbocycles. The van der Waals surface area contributed by atoms with E-state index in [4.69, 9.17) is 9.47 Å². The maximum absolute atomic E-state index is 12.5. The van der Waals surface area contributed by atoms with Crippen molar-refractivity contribution < 1.29 is 19.1 Å². The van der Waals surface area contributed by atoms with E-state index in [-0.39, 0.29) is 23.2 Å². The second kappa shape index (κ2) is 19.6. The van der Waals surface area contributed by atoms with E-state index in [1.54, 1.807) is 0 Å². The van der Waals surface area contributed by atoms with Gasteiger partial charge >= 0.3 is 11.9 Å². The Balaban J connectivity index is 1.85. The Morgan fingerprint density at radius 3 is 1.56 bits per heavy atom. The summed E-state index contributed by atoms with van der Waals surface area (Å²) in [7, 11) is 0. The molecule has 0 aromatic rings. The predicted octanol–water partition coefficient (Wildman–Crippen LogP) is 11.4. The highest BCUT2D eigenvalue weighted by atomic mass is 32.1. The molecule has 0 fully saturated rings. The zero-order valence-electron chi connectivity index (χ0n) is 31.2. The average molecular weight is 673 g/mol. The van der Waals surface area contributed by atoms with Gasteiger partial charge in [0.05, 0.1) is 0 Å². The Hall–Kier alpha value is -3.31. The fourth-order valence-corrected chi connectivity index (χ4v) is 6.45. The minimum absolute atomic E-state index is 0.0688. The molecule has 0 amide bonds. The van der Waals surface area contributed by atoms with E-state index in [0.29, 0.717) is 0 Å². The third-order valence-corrected chi connectivity index (χ3v) is 9.54. The molecule has 4 nitrogen and oxygen atoms in total. The van der Waals surface area contributed by atoms with Gasteiger partial charge in [-0.3, -0.25) is 0 Å². The number of ether oxygens (including phenoxy) is 2. The minimum Gasteiger partial charge on any atom is -0.459 e. The maximum atomic E-state index is 12.5. The summed E-state index contributed by atoms with van der Waals surface area (Å²) in [5.74, 6) is -0.762. The van der Waals surface area contributed by atoms with Gasteiger partial charge in [0, 0.05) is 17.9 Å². The van der Waals surface area contributed by atoms with Crippen LogP contribution >= 0.6 is 12.6 Å². The fraction of sp³-hybridized carbons (Fsp3) is 0.488. The van der Waals surface area contributed by atoms with Gasteiger partial charge in [-0.25, -0.2) is 9.59 Å². The lowest BCUT2D eigenvalue weighted by Gasteiger charge is -2.33. The summed E-state index contributed by atoms with van der Waals surface area (Å²) in [6.45, 7) is 21.5. The third-order valence-electron chi connectivity index (χ3n) is 9.14. The Labute approximate surface area is 297 Å². The molecule has 0 spiro atoms. The van der Waals surface area contributed by atoms with Crippen LogP contribution in [-0.2, 0) is 19.1 Å².